The fourth-order valence-electron chi connectivity index (χ4n) is 2.53. The fraction of sp³-hybridized carbons (Fsp3) is 0.500. The lowest BCUT2D eigenvalue weighted by Crippen LogP contribution is -2.36. The number of aliphatic imine (C=N–C) groups is 1. The molecule has 0 spiro atoms. The van der Waals surface area contributed by atoms with Crippen LogP contribution in [0, 0.1) is 13.8 Å². The van der Waals surface area contributed by atoms with Crippen molar-refractivity contribution in [3.8, 4) is 5.88 Å². The molecule has 0 radical (unpaired) electrons. The summed E-state index contributed by atoms with van der Waals surface area (Å²) < 4.78 is 7.59. The minimum absolute atomic E-state index is 0.595. The molecule has 0 amide bonds. The molecule has 0 atom stereocenters. The molecule has 0 aliphatic carbocycles. The van der Waals surface area contributed by atoms with Gasteiger partial charge >= 0.3 is 0 Å². The summed E-state index contributed by atoms with van der Waals surface area (Å²) in [4.78, 5) is 8.59. The van der Waals surface area contributed by atoms with E-state index in [0.29, 0.717) is 25.6 Å². The van der Waals surface area contributed by atoms with Gasteiger partial charge in [-0.3, -0.25) is 9.67 Å². The number of nitrogens with zero attached hydrogens (tertiary/aromatic N) is 4. The quantitative estimate of drug-likeness (QED) is 0.594. The third-order valence-corrected chi connectivity index (χ3v) is 4.05. The van der Waals surface area contributed by atoms with Gasteiger partial charge in [-0.25, -0.2) is 4.98 Å². The standard InChI is InChI=1S/C18H28N6O/c1-6-10-25-17-15(8-7-9-20-17)11-21-18(19-4)22-12-16-13(2)23-24(5)14(16)3/h7-9H,6,10-12H2,1-5H3,(H2,19,21,22). The zero-order chi connectivity index (χ0) is 18.2. The molecule has 7 nitrogen and oxygen atoms in total. The Morgan fingerprint density at radius 2 is 2.04 bits per heavy atom. The van der Waals surface area contributed by atoms with Crippen LogP contribution < -0.4 is 15.4 Å². The molecular weight excluding hydrogens is 316 g/mol. The van der Waals surface area contributed by atoms with Crippen LogP contribution in [0.15, 0.2) is 23.3 Å². The summed E-state index contributed by atoms with van der Waals surface area (Å²) in [7, 11) is 3.72. The molecule has 0 bridgehead atoms. The van der Waals surface area contributed by atoms with Crippen molar-refractivity contribution < 1.29 is 4.74 Å². The highest BCUT2D eigenvalue weighted by Gasteiger charge is 2.10. The molecule has 2 N–H and O–H groups in total. The van der Waals surface area contributed by atoms with E-state index in [1.54, 1.807) is 13.2 Å². The number of guanidine groups is 1. The minimum Gasteiger partial charge on any atom is -0.477 e. The minimum atomic E-state index is 0.595. The van der Waals surface area contributed by atoms with Crippen molar-refractivity contribution in [2.75, 3.05) is 13.7 Å². The molecule has 2 aromatic rings. The average Bonchev–Trinajstić information content (AvgIpc) is 2.86. The zero-order valence-corrected chi connectivity index (χ0v) is 15.8. The SMILES string of the molecule is CCCOc1ncccc1CNC(=NC)NCc1c(C)nn(C)c1C. The van der Waals surface area contributed by atoms with Crippen molar-refractivity contribution in [1.82, 2.24) is 25.4 Å². The van der Waals surface area contributed by atoms with E-state index in [1.165, 1.54) is 5.56 Å². The second-order valence-electron chi connectivity index (χ2n) is 5.87. The molecule has 0 saturated heterocycles. The van der Waals surface area contributed by atoms with Gasteiger partial charge in [-0.1, -0.05) is 13.0 Å². The highest BCUT2D eigenvalue weighted by Crippen LogP contribution is 2.14. The lowest BCUT2D eigenvalue weighted by Gasteiger charge is -2.14. The Morgan fingerprint density at radius 1 is 1.28 bits per heavy atom. The van der Waals surface area contributed by atoms with Crippen LogP contribution in [0.1, 0.15) is 35.9 Å². The van der Waals surface area contributed by atoms with Crippen molar-refractivity contribution in [2.45, 2.75) is 40.3 Å². The van der Waals surface area contributed by atoms with E-state index in [1.807, 2.05) is 30.8 Å². The van der Waals surface area contributed by atoms with Crippen LogP contribution >= 0.6 is 0 Å². The maximum Gasteiger partial charge on any atom is 0.218 e. The molecule has 0 aliphatic heterocycles. The molecule has 2 heterocycles. The Balaban J connectivity index is 1.95. The van der Waals surface area contributed by atoms with Crippen molar-refractivity contribution in [1.29, 1.82) is 0 Å². The third-order valence-electron chi connectivity index (χ3n) is 4.05. The predicted molar refractivity (Wildman–Crippen MR) is 99.7 cm³/mol. The van der Waals surface area contributed by atoms with Gasteiger partial charge in [-0.2, -0.15) is 5.10 Å². The number of aryl methyl sites for hydroxylation is 2. The van der Waals surface area contributed by atoms with Crippen LogP contribution in [0.25, 0.3) is 0 Å². The van der Waals surface area contributed by atoms with Crippen molar-refractivity contribution in [3.63, 3.8) is 0 Å². The van der Waals surface area contributed by atoms with E-state index in [-0.39, 0.29) is 0 Å². The van der Waals surface area contributed by atoms with Crippen LogP contribution in [0.5, 0.6) is 5.88 Å². The number of hydrogen-bond acceptors (Lipinski definition) is 4. The third kappa shape index (κ3) is 4.95. The lowest BCUT2D eigenvalue weighted by molar-refractivity contribution is 0.301. The second kappa shape index (κ2) is 9.05. The summed E-state index contributed by atoms with van der Waals surface area (Å²) in [6, 6.07) is 3.92. The number of nitrogens with one attached hydrogen (secondary N) is 2. The highest BCUT2D eigenvalue weighted by atomic mass is 16.5. The van der Waals surface area contributed by atoms with Gasteiger partial charge in [0.25, 0.3) is 0 Å². The molecule has 136 valence electrons. The fourth-order valence-corrected chi connectivity index (χ4v) is 2.53. The summed E-state index contributed by atoms with van der Waals surface area (Å²) in [5.41, 5.74) is 4.39. The molecule has 2 rings (SSSR count). The first-order chi connectivity index (χ1) is 12.1. The van der Waals surface area contributed by atoms with Gasteiger partial charge in [-0.15, -0.1) is 0 Å². The Morgan fingerprint density at radius 3 is 2.68 bits per heavy atom. The molecule has 25 heavy (non-hydrogen) atoms. The van der Waals surface area contributed by atoms with E-state index in [9.17, 15) is 0 Å². The first-order valence-corrected chi connectivity index (χ1v) is 8.57. The Labute approximate surface area is 149 Å². The molecule has 0 aliphatic rings. The largest absolute Gasteiger partial charge is 0.477 e. The Hall–Kier alpha value is -2.57. The summed E-state index contributed by atoms with van der Waals surface area (Å²) in [6.07, 6.45) is 2.70. The van der Waals surface area contributed by atoms with Crippen LogP contribution in [-0.2, 0) is 20.1 Å². The predicted octanol–water partition coefficient (Wildman–Crippen LogP) is 2.09. The maximum absolute atomic E-state index is 5.69. The second-order valence-corrected chi connectivity index (χ2v) is 5.87. The van der Waals surface area contributed by atoms with Crippen LogP contribution in [0.4, 0.5) is 0 Å². The van der Waals surface area contributed by atoms with E-state index < -0.39 is 0 Å². The number of ether oxygens (including phenoxy) is 1. The first kappa shape index (κ1) is 18.8. The van der Waals surface area contributed by atoms with Crippen molar-refractivity contribution >= 4 is 5.96 Å². The molecule has 0 fully saturated rings. The van der Waals surface area contributed by atoms with Gasteiger partial charge in [0.15, 0.2) is 5.96 Å². The Bertz CT molecular complexity index is 722. The van der Waals surface area contributed by atoms with Crippen molar-refractivity contribution in [3.05, 3.63) is 40.8 Å². The number of pyridine rings is 1. The molecular formula is C18H28N6O. The van der Waals surface area contributed by atoms with Gasteiger partial charge in [0, 0.05) is 50.2 Å². The summed E-state index contributed by atoms with van der Waals surface area (Å²) in [6.45, 7) is 8.11. The van der Waals surface area contributed by atoms with Gasteiger partial charge < -0.3 is 15.4 Å². The smallest absolute Gasteiger partial charge is 0.218 e. The number of hydrogen-bond donors (Lipinski definition) is 2. The average molecular weight is 344 g/mol. The van der Waals surface area contributed by atoms with E-state index in [0.717, 1.165) is 29.3 Å². The van der Waals surface area contributed by atoms with Gasteiger partial charge in [0.1, 0.15) is 0 Å². The highest BCUT2D eigenvalue weighted by molar-refractivity contribution is 5.79. The van der Waals surface area contributed by atoms with Gasteiger partial charge in [0.2, 0.25) is 5.88 Å². The van der Waals surface area contributed by atoms with Gasteiger partial charge in [-0.05, 0) is 26.3 Å². The summed E-state index contributed by atoms with van der Waals surface area (Å²) in [5, 5.41) is 11.1. The van der Waals surface area contributed by atoms with Crippen molar-refractivity contribution in [2.24, 2.45) is 12.0 Å². The molecule has 0 aromatic carbocycles. The van der Waals surface area contributed by atoms with E-state index in [4.69, 9.17) is 4.74 Å². The zero-order valence-electron chi connectivity index (χ0n) is 15.8. The maximum atomic E-state index is 5.69. The normalized spacial score (nSPS) is 11.5. The van der Waals surface area contributed by atoms with Crippen LogP contribution in [0.2, 0.25) is 0 Å². The van der Waals surface area contributed by atoms with Crippen LogP contribution in [0.3, 0.4) is 0 Å². The Kier molecular flexibility index (Phi) is 6.80. The monoisotopic (exact) mass is 344 g/mol. The molecule has 7 heteroatoms. The topological polar surface area (TPSA) is 76.4 Å². The molecule has 0 saturated carbocycles. The summed E-state index contributed by atoms with van der Waals surface area (Å²) in [5.74, 6) is 1.40. The van der Waals surface area contributed by atoms with E-state index >= 15 is 0 Å². The van der Waals surface area contributed by atoms with E-state index in [2.05, 4.69) is 39.6 Å². The van der Waals surface area contributed by atoms with Crippen LogP contribution in [-0.4, -0.2) is 34.4 Å². The lowest BCUT2D eigenvalue weighted by atomic mass is 10.2. The van der Waals surface area contributed by atoms with Gasteiger partial charge in [0.05, 0.1) is 12.3 Å². The molecule has 2 aromatic heterocycles. The number of rotatable bonds is 7. The first-order valence-electron chi connectivity index (χ1n) is 8.57. The summed E-state index contributed by atoms with van der Waals surface area (Å²) >= 11 is 0. The molecule has 0 unspecified atom stereocenters. The number of aromatic nitrogens is 3.